The number of ether oxygens (including phenoxy) is 1. The van der Waals surface area contributed by atoms with Crippen molar-refractivity contribution in [2.75, 3.05) is 6.54 Å². The number of hydrogen-bond donors (Lipinski definition) is 4. The first-order valence-electron chi connectivity index (χ1n) is 16.5. The number of aromatic nitrogens is 1. The van der Waals surface area contributed by atoms with Gasteiger partial charge in [-0.25, -0.2) is 9.79 Å². The summed E-state index contributed by atoms with van der Waals surface area (Å²) in [6.07, 6.45) is 3.67. The summed E-state index contributed by atoms with van der Waals surface area (Å²) < 4.78 is 5.96. The number of nitrogens with one attached hydrogen (secondary N) is 1. The van der Waals surface area contributed by atoms with Gasteiger partial charge in [-0.1, -0.05) is 52.0 Å². The van der Waals surface area contributed by atoms with E-state index < -0.39 is 29.9 Å². The van der Waals surface area contributed by atoms with Gasteiger partial charge in [-0.15, -0.1) is 0 Å². The Bertz CT molecular complexity index is 1670. The summed E-state index contributed by atoms with van der Waals surface area (Å²) >= 11 is 0. The smallest absolute Gasteiger partial charge is 0.329 e. The van der Waals surface area contributed by atoms with E-state index in [1.165, 1.54) is 23.1 Å². The maximum atomic E-state index is 14.1. The Labute approximate surface area is 275 Å². The number of fused-ring (bicyclic) bond motifs is 1. The molecule has 1 saturated heterocycles. The van der Waals surface area contributed by atoms with Crippen LogP contribution in [-0.2, 0) is 32.0 Å². The highest BCUT2D eigenvalue weighted by atomic mass is 16.5. The number of aliphatic imine (C=N–C) groups is 1. The van der Waals surface area contributed by atoms with Crippen LogP contribution in [0.25, 0.3) is 10.9 Å². The fourth-order valence-corrected chi connectivity index (χ4v) is 7.16. The third kappa shape index (κ3) is 7.22. The first kappa shape index (κ1) is 34.2. The maximum Gasteiger partial charge on any atom is 0.329 e. The van der Waals surface area contributed by atoms with E-state index in [0.29, 0.717) is 30.9 Å². The van der Waals surface area contributed by atoms with Gasteiger partial charge in [-0.2, -0.15) is 0 Å². The van der Waals surface area contributed by atoms with Crippen LogP contribution in [0.2, 0.25) is 0 Å². The molecular formula is C37H47N3O7. The van der Waals surface area contributed by atoms with Crippen molar-refractivity contribution in [2.45, 2.75) is 97.8 Å². The number of hydrogen-bond acceptors (Lipinski definition) is 7. The lowest BCUT2D eigenvalue weighted by Crippen LogP contribution is -2.46. The van der Waals surface area contributed by atoms with Gasteiger partial charge in [0.15, 0.2) is 11.5 Å². The monoisotopic (exact) mass is 645 g/mol. The van der Waals surface area contributed by atoms with Crippen LogP contribution in [0.4, 0.5) is 0 Å². The molecule has 5 rings (SSSR count). The Morgan fingerprint density at radius 1 is 1.06 bits per heavy atom. The third-order valence-corrected chi connectivity index (χ3v) is 10.9. The first-order chi connectivity index (χ1) is 22.2. The van der Waals surface area contributed by atoms with Gasteiger partial charge in [-0.05, 0) is 85.1 Å². The van der Waals surface area contributed by atoms with Crippen molar-refractivity contribution in [2.24, 2.45) is 21.7 Å². The summed E-state index contributed by atoms with van der Waals surface area (Å²) in [5.41, 5.74) is 2.23. The minimum Gasteiger partial charge on any atom is -0.504 e. The number of carbonyl (C=O) groups excluding carboxylic acids is 3. The lowest BCUT2D eigenvalue weighted by molar-refractivity contribution is -0.157. The Kier molecular flexibility index (Phi) is 9.82. The van der Waals surface area contributed by atoms with Gasteiger partial charge in [-0.3, -0.25) is 9.59 Å². The molecule has 2 aromatic carbocycles. The second-order valence-electron chi connectivity index (χ2n) is 14.5. The average Bonchev–Trinajstić information content (AvgIpc) is 3.72. The van der Waals surface area contributed by atoms with E-state index in [2.05, 4.69) is 37.7 Å². The van der Waals surface area contributed by atoms with E-state index in [-0.39, 0.29) is 47.0 Å². The number of aliphatic hydroxyl groups excluding tert-OH is 1. The molecule has 0 radical (unpaired) electrons. The fourth-order valence-electron chi connectivity index (χ4n) is 7.16. The molecule has 1 aliphatic carbocycles. The molecule has 1 saturated carbocycles. The normalized spacial score (nSPS) is 21.9. The zero-order valence-electron chi connectivity index (χ0n) is 28.0. The van der Waals surface area contributed by atoms with Crippen molar-refractivity contribution >= 4 is 34.4 Å². The Hall–Kier alpha value is -4.18. The van der Waals surface area contributed by atoms with Crippen LogP contribution in [-0.4, -0.2) is 73.5 Å². The highest BCUT2D eigenvalue weighted by Crippen LogP contribution is 2.57. The molecule has 3 aromatic rings. The lowest BCUT2D eigenvalue weighted by Gasteiger charge is -2.40. The molecule has 2 amide bonds. The number of aromatic amines is 1. The first-order valence-corrected chi connectivity index (χ1v) is 16.5. The standard InChI is InChI=1S/C37H47N3O7/c1-22(17-25-14-15-36(2,3)37(25,4)5)47-35(46)29-11-8-16-40(29)34(45)28(20-24-21-38-27-10-7-6-9-26(24)27)39-33(44)32(43)19-23-12-13-30(41)31(42)18-23/h6-7,9-10,12-13,18,21-22,25,29,32,38,41-43H,8,11,14-17,19-20H2,1-5H3. The van der Waals surface area contributed by atoms with Gasteiger partial charge in [0.25, 0.3) is 11.8 Å². The number of para-hydroxylation sites is 1. The van der Waals surface area contributed by atoms with Crippen LogP contribution < -0.4 is 0 Å². The van der Waals surface area contributed by atoms with Gasteiger partial charge in [0.2, 0.25) is 0 Å². The Morgan fingerprint density at radius 3 is 2.51 bits per heavy atom. The number of aromatic hydroxyl groups is 2. The number of H-pyrrole nitrogens is 1. The Balaban J connectivity index is 1.34. The molecule has 1 aromatic heterocycles. The minimum atomic E-state index is -1.60. The van der Waals surface area contributed by atoms with Crippen LogP contribution in [0.5, 0.6) is 11.5 Å². The van der Waals surface area contributed by atoms with Crippen molar-refractivity contribution in [3.63, 3.8) is 0 Å². The topological polar surface area (TPSA) is 153 Å². The van der Waals surface area contributed by atoms with Crippen molar-refractivity contribution in [1.29, 1.82) is 0 Å². The number of nitrogens with zero attached hydrogens (tertiary/aromatic N) is 2. The van der Waals surface area contributed by atoms with Gasteiger partial charge in [0, 0.05) is 36.5 Å². The van der Waals surface area contributed by atoms with Crippen LogP contribution >= 0.6 is 0 Å². The third-order valence-electron chi connectivity index (χ3n) is 10.9. The number of likely N-dealkylation sites (tertiary alicyclic amines) is 1. The van der Waals surface area contributed by atoms with Gasteiger partial charge in [0.1, 0.15) is 17.9 Å². The number of benzene rings is 2. The number of phenolic OH excluding ortho intramolecular Hbond substituents is 2. The van der Waals surface area contributed by atoms with E-state index in [1.807, 2.05) is 31.2 Å². The molecule has 10 heteroatoms. The maximum absolute atomic E-state index is 14.1. The second kappa shape index (κ2) is 13.5. The zero-order valence-corrected chi connectivity index (χ0v) is 28.0. The SMILES string of the molecule is CC(CC1CCC(C)(C)C1(C)C)OC(=O)C1CCCN1C(=O)C(Cc1c[nH]c2ccccc12)=NC(=O)C(O)Cc1ccc(O)c(O)c1. The summed E-state index contributed by atoms with van der Waals surface area (Å²) in [4.78, 5) is 49.7. The van der Waals surface area contributed by atoms with Gasteiger partial charge >= 0.3 is 5.97 Å². The van der Waals surface area contributed by atoms with Crippen molar-refractivity contribution < 1.29 is 34.4 Å². The highest BCUT2D eigenvalue weighted by molar-refractivity contribution is 6.41. The van der Waals surface area contributed by atoms with E-state index in [9.17, 15) is 29.7 Å². The molecule has 1 aliphatic heterocycles. The molecule has 4 unspecified atom stereocenters. The van der Waals surface area contributed by atoms with Crippen molar-refractivity contribution in [3.05, 3.63) is 59.8 Å². The van der Waals surface area contributed by atoms with Crippen molar-refractivity contribution in [3.8, 4) is 11.5 Å². The molecule has 4 N–H and O–H groups in total. The molecule has 2 fully saturated rings. The molecule has 10 nitrogen and oxygen atoms in total. The van der Waals surface area contributed by atoms with E-state index >= 15 is 0 Å². The van der Waals surface area contributed by atoms with Crippen LogP contribution in [0.3, 0.4) is 0 Å². The number of aliphatic hydroxyl groups is 1. The van der Waals surface area contributed by atoms with E-state index in [0.717, 1.165) is 35.7 Å². The minimum absolute atomic E-state index is 0.00250. The summed E-state index contributed by atoms with van der Waals surface area (Å²) in [6.45, 7) is 11.4. The number of rotatable bonds is 10. The quantitative estimate of drug-likeness (QED) is 0.130. The average molecular weight is 646 g/mol. The Morgan fingerprint density at radius 2 is 1.81 bits per heavy atom. The van der Waals surface area contributed by atoms with Crippen LogP contribution in [0, 0.1) is 16.7 Å². The summed E-state index contributed by atoms with van der Waals surface area (Å²) in [5, 5.41) is 31.0. The molecule has 2 heterocycles. The number of esters is 1. The highest BCUT2D eigenvalue weighted by Gasteiger charge is 2.49. The molecule has 0 bridgehead atoms. The summed E-state index contributed by atoms with van der Waals surface area (Å²) in [5.74, 6) is -2.21. The molecular weight excluding hydrogens is 598 g/mol. The van der Waals surface area contributed by atoms with E-state index in [1.54, 1.807) is 6.20 Å². The van der Waals surface area contributed by atoms with Crippen LogP contribution in [0.15, 0.2) is 53.7 Å². The second-order valence-corrected chi connectivity index (χ2v) is 14.5. The largest absolute Gasteiger partial charge is 0.504 e. The number of phenols is 2. The summed E-state index contributed by atoms with van der Waals surface area (Å²) in [7, 11) is 0. The molecule has 0 spiro atoms. The van der Waals surface area contributed by atoms with Gasteiger partial charge in [0.05, 0.1) is 6.10 Å². The van der Waals surface area contributed by atoms with Crippen molar-refractivity contribution in [1.82, 2.24) is 9.88 Å². The lowest BCUT2D eigenvalue weighted by atomic mass is 9.66. The van der Waals surface area contributed by atoms with Crippen LogP contribution in [0.1, 0.15) is 77.8 Å². The molecule has 4 atom stereocenters. The van der Waals surface area contributed by atoms with Gasteiger partial charge < -0.3 is 29.9 Å². The number of carbonyl (C=O) groups is 3. The molecule has 252 valence electrons. The molecule has 47 heavy (non-hydrogen) atoms. The zero-order chi connectivity index (χ0) is 34.1. The predicted molar refractivity (Wildman–Crippen MR) is 179 cm³/mol. The number of amides is 2. The predicted octanol–water partition coefficient (Wildman–Crippen LogP) is 5.47. The fraction of sp³-hybridized carbons (Fsp3) is 0.514. The summed E-state index contributed by atoms with van der Waals surface area (Å²) in [6, 6.07) is 10.8. The molecule has 2 aliphatic rings. The van der Waals surface area contributed by atoms with E-state index in [4.69, 9.17) is 4.74 Å².